The quantitative estimate of drug-likeness (QED) is 0.735. The van der Waals surface area contributed by atoms with Gasteiger partial charge >= 0.3 is 5.91 Å². The third kappa shape index (κ3) is 3.39. The van der Waals surface area contributed by atoms with Crippen molar-refractivity contribution in [1.29, 1.82) is 5.26 Å². The van der Waals surface area contributed by atoms with E-state index in [4.69, 9.17) is 14.7 Å². The third-order valence-electron chi connectivity index (χ3n) is 2.65. The van der Waals surface area contributed by atoms with Crippen LogP contribution in [0.25, 0.3) is 0 Å². The van der Waals surface area contributed by atoms with Crippen molar-refractivity contribution in [2.45, 2.75) is 6.42 Å². The second-order valence-corrected chi connectivity index (χ2v) is 3.77. The predicted octanol–water partition coefficient (Wildman–Crippen LogP) is 1.23. The molecule has 1 aromatic carbocycles. The van der Waals surface area contributed by atoms with Gasteiger partial charge in [0.1, 0.15) is 11.5 Å². The predicted molar refractivity (Wildman–Crippen MR) is 66.5 cm³/mol. The third-order valence-corrected chi connectivity index (χ3v) is 2.65. The van der Waals surface area contributed by atoms with Crippen molar-refractivity contribution < 1.29 is 14.3 Å². The second-order valence-electron chi connectivity index (χ2n) is 3.77. The minimum absolute atomic E-state index is 0.454. The van der Waals surface area contributed by atoms with Gasteiger partial charge in [-0.15, -0.1) is 0 Å². The van der Waals surface area contributed by atoms with E-state index >= 15 is 0 Å². The molecule has 0 heterocycles. The van der Waals surface area contributed by atoms with Crippen molar-refractivity contribution in [3.63, 3.8) is 0 Å². The fourth-order valence-electron chi connectivity index (χ4n) is 1.55. The van der Waals surface area contributed by atoms with Gasteiger partial charge < -0.3 is 14.4 Å². The highest BCUT2D eigenvalue weighted by Crippen LogP contribution is 2.24. The molecule has 0 aliphatic carbocycles. The Morgan fingerprint density at radius 3 is 2.67 bits per heavy atom. The van der Waals surface area contributed by atoms with Crippen LogP contribution in [0.5, 0.6) is 11.5 Å². The molecular weight excluding hydrogens is 232 g/mol. The fraction of sp³-hybridized carbons (Fsp3) is 0.385. The number of nitrogens with zero attached hydrogens (tertiary/aromatic N) is 2. The first kappa shape index (κ1) is 13.8. The van der Waals surface area contributed by atoms with Crippen molar-refractivity contribution in [3.8, 4) is 17.6 Å². The van der Waals surface area contributed by atoms with Crippen LogP contribution in [0.3, 0.4) is 0 Å². The van der Waals surface area contributed by atoms with E-state index in [1.165, 1.54) is 4.90 Å². The zero-order valence-corrected chi connectivity index (χ0v) is 10.8. The summed E-state index contributed by atoms with van der Waals surface area (Å²) in [7, 11) is 4.78. The Morgan fingerprint density at radius 1 is 1.39 bits per heavy atom. The van der Waals surface area contributed by atoms with Gasteiger partial charge in [0.15, 0.2) is 6.07 Å². The first-order chi connectivity index (χ1) is 8.62. The Hall–Kier alpha value is -2.22. The van der Waals surface area contributed by atoms with Crippen LogP contribution in [0.4, 0.5) is 0 Å². The van der Waals surface area contributed by atoms with Crippen molar-refractivity contribution in [3.05, 3.63) is 23.8 Å². The Bertz CT molecular complexity index is 466. The molecule has 18 heavy (non-hydrogen) atoms. The molecule has 1 aromatic rings. The minimum Gasteiger partial charge on any atom is -0.497 e. The van der Waals surface area contributed by atoms with E-state index in [1.807, 2.05) is 18.2 Å². The SMILES string of the molecule is COc1ccc(OC)c(CCN(C)C(=O)C#N)c1. The second kappa shape index (κ2) is 6.50. The Kier molecular flexibility index (Phi) is 5.00. The number of carbonyl (C=O) groups is 1. The van der Waals surface area contributed by atoms with E-state index in [9.17, 15) is 4.79 Å². The number of hydrogen-bond acceptors (Lipinski definition) is 4. The molecule has 0 N–H and O–H groups in total. The van der Waals surface area contributed by atoms with Crippen LogP contribution in [-0.2, 0) is 11.2 Å². The molecule has 0 aromatic heterocycles. The summed E-state index contributed by atoms with van der Waals surface area (Å²) in [4.78, 5) is 12.5. The van der Waals surface area contributed by atoms with Gasteiger partial charge in [0.25, 0.3) is 0 Å². The molecule has 0 aliphatic rings. The summed E-state index contributed by atoms with van der Waals surface area (Å²) in [5.41, 5.74) is 0.939. The molecular formula is C13H16N2O3. The molecule has 0 aliphatic heterocycles. The number of amides is 1. The smallest absolute Gasteiger partial charge is 0.324 e. The molecule has 0 fully saturated rings. The molecule has 5 nitrogen and oxygen atoms in total. The maximum atomic E-state index is 11.1. The molecule has 1 rings (SSSR count). The van der Waals surface area contributed by atoms with E-state index in [-0.39, 0.29) is 0 Å². The van der Waals surface area contributed by atoms with Crippen LogP contribution < -0.4 is 9.47 Å². The molecule has 0 saturated carbocycles. The van der Waals surface area contributed by atoms with Crippen LogP contribution >= 0.6 is 0 Å². The van der Waals surface area contributed by atoms with E-state index in [0.717, 1.165) is 17.1 Å². The number of ether oxygens (including phenoxy) is 2. The summed E-state index contributed by atoms with van der Waals surface area (Å²) >= 11 is 0. The van der Waals surface area contributed by atoms with Crippen molar-refractivity contribution >= 4 is 5.91 Å². The molecule has 96 valence electrons. The van der Waals surface area contributed by atoms with Crippen LogP contribution in [0, 0.1) is 11.3 Å². The standard InChI is InChI=1S/C13H16N2O3/c1-15(13(16)9-14)7-6-10-8-11(17-2)4-5-12(10)18-3/h4-5,8H,6-7H2,1-3H3. The number of carbonyl (C=O) groups excluding carboxylic acids is 1. The van der Waals surface area contributed by atoms with Gasteiger partial charge in [-0.05, 0) is 30.2 Å². The normalized spacial score (nSPS) is 9.44. The molecule has 0 atom stereocenters. The van der Waals surface area contributed by atoms with Gasteiger partial charge in [-0.1, -0.05) is 0 Å². The molecule has 0 unspecified atom stereocenters. The number of likely N-dealkylation sites (N-methyl/N-ethyl adjacent to an activating group) is 1. The summed E-state index contributed by atoms with van der Waals surface area (Å²) in [5, 5.41) is 8.50. The number of benzene rings is 1. The van der Waals surface area contributed by atoms with Crippen molar-refractivity contribution in [2.24, 2.45) is 0 Å². The number of nitriles is 1. The van der Waals surface area contributed by atoms with Gasteiger partial charge in [-0.3, -0.25) is 4.79 Å². The highest BCUT2D eigenvalue weighted by atomic mass is 16.5. The van der Waals surface area contributed by atoms with Crippen LogP contribution in [-0.4, -0.2) is 38.6 Å². The van der Waals surface area contributed by atoms with Gasteiger partial charge in [-0.2, -0.15) is 5.26 Å². The number of rotatable bonds is 5. The molecule has 5 heteroatoms. The maximum absolute atomic E-state index is 11.1. The Morgan fingerprint density at radius 2 is 2.11 bits per heavy atom. The lowest BCUT2D eigenvalue weighted by molar-refractivity contribution is -0.124. The summed E-state index contributed by atoms with van der Waals surface area (Å²) in [6, 6.07) is 7.08. The van der Waals surface area contributed by atoms with Crippen LogP contribution in [0.2, 0.25) is 0 Å². The zero-order valence-electron chi connectivity index (χ0n) is 10.8. The van der Waals surface area contributed by atoms with Gasteiger partial charge in [0, 0.05) is 13.6 Å². The number of methoxy groups -OCH3 is 2. The summed E-state index contributed by atoms with van der Waals surface area (Å²) in [6.07, 6.45) is 0.601. The van der Waals surface area contributed by atoms with Gasteiger partial charge in [-0.25, -0.2) is 0 Å². The van der Waals surface area contributed by atoms with Crippen LogP contribution in [0.1, 0.15) is 5.56 Å². The first-order valence-corrected chi connectivity index (χ1v) is 5.48. The zero-order chi connectivity index (χ0) is 13.5. The average molecular weight is 248 g/mol. The molecule has 0 saturated heterocycles. The molecule has 0 spiro atoms. The minimum atomic E-state index is -0.545. The van der Waals surface area contributed by atoms with Gasteiger partial charge in [0.05, 0.1) is 14.2 Å². The van der Waals surface area contributed by atoms with E-state index in [0.29, 0.717) is 13.0 Å². The first-order valence-electron chi connectivity index (χ1n) is 5.48. The summed E-state index contributed by atoms with van der Waals surface area (Å²) < 4.78 is 10.4. The maximum Gasteiger partial charge on any atom is 0.324 e. The number of hydrogen-bond donors (Lipinski definition) is 0. The monoisotopic (exact) mass is 248 g/mol. The summed E-state index contributed by atoms with van der Waals surface area (Å²) in [5.74, 6) is 0.936. The lowest BCUT2D eigenvalue weighted by Gasteiger charge is -2.15. The summed E-state index contributed by atoms with van der Waals surface area (Å²) in [6.45, 7) is 0.454. The van der Waals surface area contributed by atoms with E-state index in [2.05, 4.69) is 0 Å². The fourth-order valence-corrected chi connectivity index (χ4v) is 1.55. The topological polar surface area (TPSA) is 62.6 Å². The Balaban J connectivity index is 2.77. The highest BCUT2D eigenvalue weighted by molar-refractivity contribution is 5.90. The molecule has 1 amide bonds. The highest BCUT2D eigenvalue weighted by Gasteiger charge is 2.10. The molecule has 0 radical (unpaired) electrons. The van der Waals surface area contributed by atoms with Crippen molar-refractivity contribution in [2.75, 3.05) is 27.8 Å². The lowest BCUT2D eigenvalue weighted by Crippen LogP contribution is -2.27. The van der Waals surface area contributed by atoms with Crippen molar-refractivity contribution in [1.82, 2.24) is 4.90 Å². The average Bonchev–Trinajstić information content (AvgIpc) is 2.43. The van der Waals surface area contributed by atoms with E-state index < -0.39 is 5.91 Å². The van der Waals surface area contributed by atoms with Gasteiger partial charge in [0.2, 0.25) is 0 Å². The van der Waals surface area contributed by atoms with Crippen LogP contribution in [0.15, 0.2) is 18.2 Å². The largest absolute Gasteiger partial charge is 0.497 e. The lowest BCUT2D eigenvalue weighted by atomic mass is 10.1. The Labute approximate surface area is 107 Å². The molecule has 0 bridgehead atoms. The van der Waals surface area contributed by atoms with E-state index in [1.54, 1.807) is 27.3 Å².